The van der Waals surface area contributed by atoms with E-state index in [1.807, 2.05) is 31.2 Å². The molecule has 0 aromatic heterocycles. The molecule has 1 fully saturated rings. The summed E-state index contributed by atoms with van der Waals surface area (Å²) in [7, 11) is 1.77. The van der Waals surface area contributed by atoms with Crippen LogP contribution in [0, 0.1) is 24.6 Å². The van der Waals surface area contributed by atoms with Crippen LogP contribution in [0.15, 0.2) is 66.4 Å². The number of amides is 1. The van der Waals surface area contributed by atoms with Crippen molar-refractivity contribution in [1.29, 1.82) is 0 Å². The number of aryl methyl sites for hydroxylation is 1. The third-order valence-electron chi connectivity index (χ3n) is 6.41. The van der Waals surface area contributed by atoms with Crippen LogP contribution in [0.5, 0.6) is 0 Å². The molecule has 37 heavy (non-hydrogen) atoms. The van der Waals surface area contributed by atoms with Crippen LogP contribution in [0.2, 0.25) is 0 Å². The van der Waals surface area contributed by atoms with E-state index in [0.29, 0.717) is 22.8 Å². The molecule has 1 aliphatic carbocycles. The quantitative estimate of drug-likeness (QED) is 0.350. The van der Waals surface area contributed by atoms with Crippen molar-refractivity contribution in [3.63, 3.8) is 0 Å². The lowest BCUT2D eigenvalue weighted by atomic mass is 9.83. The Bertz CT molecular complexity index is 1110. The number of aliphatic carboxylic acids is 1. The normalized spacial score (nSPS) is 18.3. The summed E-state index contributed by atoms with van der Waals surface area (Å²) >= 11 is 0. The summed E-state index contributed by atoms with van der Waals surface area (Å²) < 4.78 is 19.2. The molecule has 2 aromatic carbocycles. The van der Waals surface area contributed by atoms with Crippen LogP contribution in [0.25, 0.3) is 5.70 Å². The molecular formula is C30H39FN2O4. The molecule has 200 valence electrons. The molecule has 0 aliphatic heterocycles. The lowest BCUT2D eigenvalue weighted by Gasteiger charge is -2.22. The number of benzene rings is 2. The van der Waals surface area contributed by atoms with Gasteiger partial charge in [0.2, 0.25) is 0 Å². The number of hydrogen-bond acceptors (Lipinski definition) is 4. The van der Waals surface area contributed by atoms with Crippen LogP contribution in [0.4, 0.5) is 9.18 Å². The van der Waals surface area contributed by atoms with Gasteiger partial charge in [-0.15, -0.1) is 0 Å². The molecular weight excluding hydrogens is 471 g/mol. The summed E-state index contributed by atoms with van der Waals surface area (Å²) in [6.07, 6.45) is 2.68. The summed E-state index contributed by atoms with van der Waals surface area (Å²) in [5, 5.41) is 14.5. The first-order valence-corrected chi connectivity index (χ1v) is 12.6. The van der Waals surface area contributed by atoms with Gasteiger partial charge in [0.05, 0.1) is 17.3 Å². The topological polar surface area (TPSA) is 87.7 Å². The van der Waals surface area contributed by atoms with E-state index >= 15 is 0 Å². The van der Waals surface area contributed by atoms with E-state index in [1.165, 1.54) is 12.5 Å². The Morgan fingerprint density at radius 1 is 1.14 bits per heavy atom. The largest absolute Gasteiger partial charge is 0.481 e. The summed E-state index contributed by atoms with van der Waals surface area (Å²) in [6.45, 7) is 11.5. The molecule has 1 saturated carbocycles. The molecule has 6 nitrogen and oxygen atoms in total. The Hall–Kier alpha value is -3.61. The molecule has 0 heterocycles. The number of carboxylic acid groups (broad SMARTS) is 1. The summed E-state index contributed by atoms with van der Waals surface area (Å²) in [5.74, 6) is -0.450. The van der Waals surface area contributed by atoms with E-state index in [0.717, 1.165) is 36.1 Å². The minimum atomic E-state index is -0.727. The number of halogens is 1. The van der Waals surface area contributed by atoms with Crippen molar-refractivity contribution in [2.24, 2.45) is 11.8 Å². The number of rotatable bonds is 7. The molecule has 7 heteroatoms. The highest BCUT2D eigenvalue weighted by molar-refractivity contribution is 5.78. The van der Waals surface area contributed by atoms with Crippen molar-refractivity contribution >= 4 is 17.8 Å². The molecule has 3 N–H and O–H groups in total. The van der Waals surface area contributed by atoms with Crippen LogP contribution in [0.1, 0.15) is 69.2 Å². The number of ether oxygens (including phenoxy) is 1. The van der Waals surface area contributed by atoms with Gasteiger partial charge in [-0.2, -0.15) is 0 Å². The van der Waals surface area contributed by atoms with E-state index in [1.54, 1.807) is 39.1 Å². The monoisotopic (exact) mass is 510 g/mol. The zero-order valence-corrected chi connectivity index (χ0v) is 22.4. The van der Waals surface area contributed by atoms with Crippen molar-refractivity contribution in [3.8, 4) is 0 Å². The molecule has 0 saturated heterocycles. The van der Waals surface area contributed by atoms with E-state index in [9.17, 15) is 14.0 Å². The Labute approximate surface area is 219 Å². The number of carbonyl (C=O) groups is 2. The number of alkyl carbamates (subject to hydrolysis) is 1. The van der Waals surface area contributed by atoms with Crippen molar-refractivity contribution in [2.75, 3.05) is 7.05 Å². The maximum Gasteiger partial charge on any atom is 0.412 e. The Kier molecular flexibility index (Phi) is 11.4. The average molecular weight is 511 g/mol. The van der Waals surface area contributed by atoms with Crippen molar-refractivity contribution in [3.05, 3.63) is 88.9 Å². The number of allylic oxidation sites excluding steroid dienone is 1. The first kappa shape index (κ1) is 29.6. The predicted molar refractivity (Wildman–Crippen MR) is 145 cm³/mol. The molecule has 0 bridgehead atoms. The van der Waals surface area contributed by atoms with Crippen LogP contribution >= 0.6 is 0 Å². The molecule has 0 spiro atoms. The second kappa shape index (κ2) is 14.2. The number of hydrogen-bond donors (Lipinski definition) is 3. The smallest absolute Gasteiger partial charge is 0.412 e. The maximum atomic E-state index is 13.9. The lowest BCUT2D eigenvalue weighted by Crippen LogP contribution is -2.28. The SMILES string of the molecule is C=C(C)/C(NC(=O)OC(C)c1ccccc1F)=C(\NC)c1ccc(C)cc1.C[C@H]1CCCC(C(=O)O)C1. The molecule has 3 atom stereocenters. The second-order valence-electron chi connectivity index (χ2n) is 9.65. The summed E-state index contributed by atoms with van der Waals surface area (Å²) in [6, 6.07) is 14.1. The van der Waals surface area contributed by atoms with Gasteiger partial charge < -0.3 is 15.2 Å². The fraction of sp³-hybridized carbons (Fsp3) is 0.400. The average Bonchev–Trinajstić information content (AvgIpc) is 2.85. The van der Waals surface area contributed by atoms with Gasteiger partial charge in [0.15, 0.2) is 0 Å². The van der Waals surface area contributed by atoms with Crippen LogP contribution in [-0.2, 0) is 9.53 Å². The minimum Gasteiger partial charge on any atom is -0.481 e. The second-order valence-corrected chi connectivity index (χ2v) is 9.65. The van der Waals surface area contributed by atoms with E-state index in [2.05, 4.69) is 24.1 Å². The van der Waals surface area contributed by atoms with Crippen molar-refractivity contribution < 1.29 is 23.8 Å². The lowest BCUT2D eigenvalue weighted by molar-refractivity contribution is -0.143. The number of carbonyl (C=O) groups excluding carboxylic acids is 1. The van der Waals surface area contributed by atoms with Gasteiger partial charge >= 0.3 is 12.1 Å². The van der Waals surface area contributed by atoms with Crippen LogP contribution < -0.4 is 10.6 Å². The molecule has 2 unspecified atom stereocenters. The fourth-order valence-electron chi connectivity index (χ4n) is 4.34. The third kappa shape index (κ3) is 9.08. The standard InChI is InChI=1S/C22H25FN2O2.C8H14O2/c1-14(2)20(21(24-5)17-12-10-15(3)11-13-17)25-22(26)27-16(4)18-8-6-7-9-19(18)23;1-6-3-2-4-7(5-6)8(9)10/h6-13,16,24H,1H2,2-5H3,(H,25,26);6-7H,2-5H2,1H3,(H,9,10)/b21-20+;/t;6-,7?/m.0/s1. The van der Waals surface area contributed by atoms with E-state index in [-0.39, 0.29) is 5.92 Å². The van der Waals surface area contributed by atoms with Gasteiger partial charge in [-0.3, -0.25) is 10.1 Å². The van der Waals surface area contributed by atoms with Gasteiger partial charge in [0, 0.05) is 12.6 Å². The first-order chi connectivity index (χ1) is 17.5. The van der Waals surface area contributed by atoms with Crippen molar-refractivity contribution in [1.82, 2.24) is 10.6 Å². The Balaban J connectivity index is 0.000000402. The zero-order chi connectivity index (χ0) is 27.5. The van der Waals surface area contributed by atoms with Gasteiger partial charge in [-0.1, -0.05) is 74.4 Å². The van der Waals surface area contributed by atoms with Gasteiger partial charge in [0.25, 0.3) is 0 Å². The van der Waals surface area contributed by atoms with Crippen molar-refractivity contribution in [2.45, 2.75) is 59.5 Å². The van der Waals surface area contributed by atoms with Gasteiger partial charge in [-0.05, 0) is 56.7 Å². The molecule has 2 aromatic rings. The highest BCUT2D eigenvalue weighted by atomic mass is 19.1. The van der Waals surface area contributed by atoms with Crippen LogP contribution in [0.3, 0.4) is 0 Å². The van der Waals surface area contributed by atoms with E-state index < -0.39 is 24.0 Å². The molecule has 1 aliphatic rings. The Morgan fingerprint density at radius 3 is 2.30 bits per heavy atom. The molecule has 0 radical (unpaired) electrons. The minimum absolute atomic E-state index is 0.0521. The zero-order valence-electron chi connectivity index (χ0n) is 22.4. The highest BCUT2D eigenvalue weighted by Crippen LogP contribution is 2.28. The fourth-order valence-corrected chi connectivity index (χ4v) is 4.34. The molecule has 1 amide bonds. The first-order valence-electron chi connectivity index (χ1n) is 12.6. The van der Waals surface area contributed by atoms with Gasteiger partial charge in [0.1, 0.15) is 11.9 Å². The maximum absolute atomic E-state index is 13.9. The predicted octanol–water partition coefficient (Wildman–Crippen LogP) is 6.98. The summed E-state index contributed by atoms with van der Waals surface area (Å²) in [5.41, 5.74) is 4.27. The number of carboxylic acids is 1. The summed E-state index contributed by atoms with van der Waals surface area (Å²) in [4.78, 5) is 22.9. The van der Waals surface area contributed by atoms with Crippen LogP contribution in [-0.4, -0.2) is 24.2 Å². The number of nitrogens with one attached hydrogen (secondary N) is 2. The third-order valence-corrected chi connectivity index (χ3v) is 6.41. The molecule has 3 rings (SSSR count). The van der Waals surface area contributed by atoms with Gasteiger partial charge in [-0.25, -0.2) is 9.18 Å². The highest BCUT2D eigenvalue weighted by Gasteiger charge is 2.24. The van der Waals surface area contributed by atoms with E-state index in [4.69, 9.17) is 9.84 Å². The Morgan fingerprint density at radius 2 is 1.78 bits per heavy atom.